The number of carbonyl (C=O) groups excluding carboxylic acids is 1. The number of amides is 1. The summed E-state index contributed by atoms with van der Waals surface area (Å²) in [4.78, 5) is 16.1. The molecular formula is C19H21F3N2O3. The van der Waals surface area contributed by atoms with Crippen LogP contribution in [0.1, 0.15) is 36.3 Å². The van der Waals surface area contributed by atoms with Crippen molar-refractivity contribution < 1.29 is 27.4 Å². The number of pyridine rings is 1. The van der Waals surface area contributed by atoms with Crippen molar-refractivity contribution in [2.24, 2.45) is 5.92 Å². The van der Waals surface area contributed by atoms with Gasteiger partial charge in [-0.25, -0.2) is 0 Å². The maximum atomic E-state index is 12.2. The summed E-state index contributed by atoms with van der Waals surface area (Å²) in [5.74, 6) is 0.0112. The number of rotatable bonds is 8. The summed E-state index contributed by atoms with van der Waals surface area (Å²) in [7, 11) is 0. The zero-order valence-electron chi connectivity index (χ0n) is 15.0. The topological polar surface area (TPSA) is 60.5 Å². The van der Waals surface area contributed by atoms with E-state index >= 15 is 0 Å². The van der Waals surface area contributed by atoms with Crippen LogP contribution in [-0.2, 0) is 6.61 Å². The van der Waals surface area contributed by atoms with Crippen LogP contribution in [0, 0.1) is 5.92 Å². The number of hydrogen-bond acceptors (Lipinski definition) is 4. The molecule has 0 aliphatic rings. The molecule has 0 radical (unpaired) electrons. The van der Waals surface area contributed by atoms with Gasteiger partial charge in [-0.2, -0.15) is 0 Å². The lowest BCUT2D eigenvalue weighted by Gasteiger charge is -2.11. The van der Waals surface area contributed by atoms with Gasteiger partial charge in [-0.1, -0.05) is 32.4 Å². The lowest BCUT2D eigenvalue weighted by Crippen LogP contribution is -2.28. The van der Waals surface area contributed by atoms with Gasteiger partial charge in [-0.3, -0.25) is 9.78 Å². The third-order valence-electron chi connectivity index (χ3n) is 3.81. The SMILES string of the molecule is CCC(C)CNC(=O)c1ccc(COc2cccc(OC(F)(F)F)c2)cn1. The van der Waals surface area contributed by atoms with Crippen LogP contribution < -0.4 is 14.8 Å². The van der Waals surface area contributed by atoms with Gasteiger partial charge in [0.2, 0.25) is 0 Å². The number of alkyl halides is 3. The van der Waals surface area contributed by atoms with Crippen LogP contribution in [0.3, 0.4) is 0 Å². The fourth-order valence-electron chi connectivity index (χ4n) is 2.07. The predicted molar refractivity (Wildman–Crippen MR) is 93.5 cm³/mol. The number of halogens is 3. The van der Waals surface area contributed by atoms with Crippen molar-refractivity contribution in [3.8, 4) is 11.5 Å². The Bertz CT molecular complexity index is 749. The highest BCUT2D eigenvalue weighted by atomic mass is 19.4. The predicted octanol–water partition coefficient (Wildman–Crippen LogP) is 4.34. The molecule has 146 valence electrons. The summed E-state index contributed by atoms with van der Waals surface area (Å²) in [6, 6.07) is 8.52. The summed E-state index contributed by atoms with van der Waals surface area (Å²) >= 11 is 0. The van der Waals surface area contributed by atoms with Gasteiger partial charge in [0.05, 0.1) is 0 Å². The van der Waals surface area contributed by atoms with Gasteiger partial charge in [-0.05, 0) is 24.1 Å². The lowest BCUT2D eigenvalue weighted by atomic mass is 10.1. The average molecular weight is 382 g/mol. The fraction of sp³-hybridized carbons (Fsp3) is 0.368. The van der Waals surface area contributed by atoms with Crippen molar-refractivity contribution in [3.05, 3.63) is 53.9 Å². The number of nitrogens with zero attached hydrogens (tertiary/aromatic N) is 1. The molecule has 2 rings (SSSR count). The van der Waals surface area contributed by atoms with E-state index in [1.165, 1.54) is 24.4 Å². The monoisotopic (exact) mass is 382 g/mol. The lowest BCUT2D eigenvalue weighted by molar-refractivity contribution is -0.274. The molecule has 1 atom stereocenters. The molecule has 1 heterocycles. The molecule has 0 bridgehead atoms. The molecule has 1 aromatic heterocycles. The molecular weight excluding hydrogens is 361 g/mol. The van der Waals surface area contributed by atoms with E-state index in [0.29, 0.717) is 23.7 Å². The number of nitrogens with one attached hydrogen (secondary N) is 1. The van der Waals surface area contributed by atoms with Gasteiger partial charge in [0.1, 0.15) is 23.8 Å². The standard InChI is InChI=1S/C19H21F3N2O3/c1-3-13(2)10-24-18(25)17-8-7-14(11-23-17)12-26-15-5-4-6-16(9-15)27-19(20,21)22/h4-9,11,13H,3,10,12H2,1-2H3,(H,24,25). The highest BCUT2D eigenvalue weighted by molar-refractivity contribution is 5.92. The summed E-state index contributed by atoms with van der Waals surface area (Å²) < 4.78 is 46.0. The van der Waals surface area contributed by atoms with E-state index in [0.717, 1.165) is 12.5 Å². The molecule has 8 heteroatoms. The summed E-state index contributed by atoms with van der Waals surface area (Å²) in [5, 5.41) is 2.81. The van der Waals surface area contributed by atoms with Crippen LogP contribution in [0.4, 0.5) is 13.2 Å². The number of aromatic nitrogens is 1. The third-order valence-corrected chi connectivity index (χ3v) is 3.81. The van der Waals surface area contributed by atoms with Crippen molar-refractivity contribution in [1.29, 1.82) is 0 Å². The maximum absolute atomic E-state index is 12.2. The van der Waals surface area contributed by atoms with Crippen molar-refractivity contribution in [2.45, 2.75) is 33.2 Å². The van der Waals surface area contributed by atoms with E-state index < -0.39 is 6.36 Å². The van der Waals surface area contributed by atoms with Gasteiger partial charge in [0, 0.05) is 24.4 Å². The van der Waals surface area contributed by atoms with Crippen molar-refractivity contribution >= 4 is 5.91 Å². The second-order valence-electron chi connectivity index (χ2n) is 6.09. The second-order valence-corrected chi connectivity index (χ2v) is 6.09. The molecule has 0 aliphatic heterocycles. The van der Waals surface area contributed by atoms with E-state index in [4.69, 9.17) is 4.74 Å². The molecule has 1 aromatic carbocycles. The molecule has 27 heavy (non-hydrogen) atoms. The van der Waals surface area contributed by atoms with Crippen molar-refractivity contribution in [2.75, 3.05) is 6.54 Å². The molecule has 0 saturated heterocycles. The zero-order chi connectivity index (χ0) is 19.9. The molecule has 1 amide bonds. The number of hydrogen-bond donors (Lipinski definition) is 1. The first kappa shape index (κ1) is 20.5. The Morgan fingerprint density at radius 2 is 1.96 bits per heavy atom. The Labute approximate surface area is 155 Å². The van der Waals surface area contributed by atoms with E-state index in [2.05, 4.69) is 22.0 Å². The molecule has 0 saturated carbocycles. The first-order valence-electron chi connectivity index (χ1n) is 8.48. The first-order chi connectivity index (χ1) is 12.8. The second kappa shape index (κ2) is 9.25. The van der Waals surface area contributed by atoms with E-state index in [9.17, 15) is 18.0 Å². The Kier molecular flexibility index (Phi) is 7.04. The molecule has 0 fully saturated rings. The minimum atomic E-state index is -4.76. The third kappa shape index (κ3) is 7.16. The Morgan fingerprint density at radius 3 is 2.59 bits per heavy atom. The number of ether oxygens (including phenoxy) is 2. The molecule has 0 spiro atoms. The highest BCUT2D eigenvalue weighted by Crippen LogP contribution is 2.26. The average Bonchev–Trinajstić information content (AvgIpc) is 2.63. The zero-order valence-corrected chi connectivity index (χ0v) is 15.0. The fourth-order valence-corrected chi connectivity index (χ4v) is 2.07. The molecule has 0 aliphatic carbocycles. The van der Waals surface area contributed by atoms with Crippen molar-refractivity contribution in [3.63, 3.8) is 0 Å². The van der Waals surface area contributed by atoms with Gasteiger partial charge in [-0.15, -0.1) is 13.2 Å². The Hall–Kier alpha value is -2.77. The van der Waals surface area contributed by atoms with Crippen LogP contribution in [0.5, 0.6) is 11.5 Å². The van der Waals surface area contributed by atoms with E-state index in [1.807, 2.05) is 6.92 Å². The minimum absolute atomic E-state index is 0.0945. The van der Waals surface area contributed by atoms with E-state index in [1.54, 1.807) is 12.1 Å². The summed E-state index contributed by atoms with van der Waals surface area (Å²) in [6.07, 6.45) is -2.29. The van der Waals surface area contributed by atoms with Crippen LogP contribution >= 0.6 is 0 Å². The first-order valence-corrected chi connectivity index (χ1v) is 8.48. The van der Waals surface area contributed by atoms with Crippen LogP contribution in [0.15, 0.2) is 42.6 Å². The Morgan fingerprint density at radius 1 is 1.22 bits per heavy atom. The molecule has 5 nitrogen and oxygen atoms in total. The normalized spacial score (nSPS) is 12.3. The summed E-state index contributed by atoms with van der Waals surface area (Å²) in [5.41, 5.74) is 0.971. The van der Waals surface area contributed by atoms with Crippen molar-refractivity contribution in [1.82, 2.24) is 10.3 Å². The largest absolute Gasteiger partial charge is 0.573 e. The van der Waals surface area contributed by atoms with Gasteiger partial charge in [0.15, 0.2) is 0 Å². The highest BCUT2D eigenvalue weighted by Gasteiger charge is 2.31. The molecule has 1 unspecified atom stereocenters. The van der Waals surface area contributed by atoms with Gasteiger partial charge in [0.25, 0.3) is 5.91 Å². The van der Waals surface area contributed by atoms with Crippen LogP contribution in [0.2, 0.25) is 0 Å². The minimum Gasteiger partial charge on any atom is -0.489 e. The smallest absolute Gasteiger partial charge is 0.489 e. The number of benzene rings is 1. The molecule has 2 aromatic rings. The maximum Gasteiger partial charge on any atom is 0.573 e. The Balaban J connectivity index is 1.90. The summed E-state index contributed by atoms with van der Waals surface area (Å²) in [6.45, 7) is 4.77. The molecule has 1 N–H and O–H groups in total. The quantitative estimate of drug-likeness (QED) is 0.738. The van der Waals surface area contributed by atoms with Gasteiger partial charge >= 0.3 is 6.36 Å². The van der Waals surface area contributed by atoms with Crippen LogP contribution in [-0.4, -0.2) is 23.8 Å². The van der Waals surface area contributed by atoms with Gasteiger partial charge < -0.3 is 14.8 Å². The number of carbonyl (C=O) groups is 1. The van der Waals surface area contributed by atoms with Crippen LogP contribution in [0.25, 0.3) is 0 Å². The van der Waals surface area contributed by atoms with E-state index in [-0.39, 0.29) is 24.0 Å².